The van der Waals surface area contributed by atoms with E-state index >= 15 is 0 Å². The average molecular weight is 681 g/mol. The predicted molar refractivity (Wildman–Crippen MR) is 172 cm³/mol. The lowest BCUT2D eigenvalue weighted by molar-refractivity contribution is 0.0591. The molecule has 0 heterocycles. The van der Waals surface area contributed by atoms with Crippen molar-refractivity contribution in [1.29, 1.82) is 0 Å². The summed E-state index contributed by atoms with van der Waals surface area (Å²) in [7, 11) is 2.39. The van der Waals surface area contributed by atoms with Crippen molar-refractivity contribution in [2.75, 3.05) is 25.0 Å². The van der Waals surface area contributed by atoms with Crippen LogP contribution in [0.1, 0.15) is 68.5 Å². The first-order valence-corrected chi connectivity index (χ1v) is 14.3. The Morgan fingerprint density at radius 1 is 0.660 bits per heavy atom. The molecule has 242 valence electrons. The number of ether oxygens (including phenoxy) is 2. The number of anilines is 2. The normalized spacial score (nSPS) is 10.6. The monoisotopic (exact) mass is 680 g/mol. The summed E-state index contributed by atoms with van der Waals surface area (Å²) in [4.78, 5) is 65.5. The fraction of sp³-hybridized carbons (Fsp3) is 0.121. The van der Waals surface area contributed by atoms with Gasteiger partial charge < -0.3 is 25.0 Å². The second-order valence-corrected chi connectivity index (χ2v) is 10.7. The number of rotatable bonds is 12. The van der Waals surface area contributed by atoms with Crippen molar-refractivity contribution in [3.8, 4) is 0 Å². The van der Waals surface area contributed by atoms with Gasteiger partial charge in [-0.15, -0.1) is 0 Å². The third kappa shape index (κ3) is 8.44. The van der Waals surface area contributed by atoms with Crippen molar-refractivity contribution >= 4 is 64.4 Å². The maximum Gasteiger partial charge on any atom is 0.337 e. The molecule has 4 rings (SSSR count). The number of carboxylic acid groups (broad SMARTS) is 2. The minimum absolute atomic E-state index is 0.00767. The molecule has 14 heteroatoms. The Morgan fingerprint density at radius 2 is 1.19 bits per heavy atom. The van der Waals surface area contributed by atoms with E-state index in [2.05, 4.69) is 20.3 Å². The molecule has 1 amide bonds. The zero-order valence-electron chi connectivity index (χ0n) is 24.8. The minimum Gasteiger partial charge on any atom is -0.478 e. The zero-order valence-corrected chi connectivity index (χ0v) is 26.3. The van der Waals surface area contributed by atoms with Gasteiger partial charge in [-0.25, -0.2) is 19.2 Å². The largest absolute Gasteiger partial charge is 0.478 e. The summed E-state index contributed by atoms with van der Waals surface area (Å²) in [6, 6.07) is 17.6. The number of nitrogens with one attached hydrogen (secondary N) is 2. The van der Waals surface area contributed by atoms with Gasteiger partial charge in [0.15, 0.2) is 0 Å². The molecule has 0 aromatic heterocycles. The molecule has 4 aromatic rings. The molecule has 0 saturated carbocycles. The van der Waals surface area contributed by atoms with E-state index in [-0.39, 0.29) is 50.7 Å². The number of esters is 2. The zero-order chi connectivity index (χ0) is 34.2. The van der Waals surface area contributed by atoms with E-state index in [4.69, 9.17) is 28.0 Å². The van der Waals surface area contributed by atoms with Gasteiger partial charge in [-0.3, -0.25) is 15.1 Å². The second kappa shape index (κ2) is 15.2. The SMILES string of the molecule is COC(=O)c1ccc(C(=O)O)c(CONc2ccc(Cc3ccc(NC(=O)c4cc(C(=O)OC)ccc4C(=O)O)c(Cl)c3)cc2Cl)c1. The molecule has 0 bridgehead atoms. The Hall–Kier alpha value is -5.43. The Morgan fingerprint density at radius 3 is 1.72 bits per heavy atom. The van der Waals surface area contributed by atoms with Crippen LogP contribution in [0.4, 0.5) is 11.4 Å². The maximum atomic E-state index is 13.0. The number of halogens is 2. The number of methoxy groups -OCH3 is 2. The van der Waals surface area contributed by atoms with Crippen LogP contribution in [0.2, 0.25) is 10.0 Å². The molecule has 0 aliphatic rings. The lowest BCUT2D eigenvalue weighted by Gasteiger charge is -2.13. The van der Waals surface area contributed by atoms with E-state index in [0.29, 0.717) is 17.1 Å². The van der Waals surface area contributed by atoms with E-state index in [1.807, 2.05) is 0 Å². The molecular weight excluding hydrogens is 655 g/mol. The summed E-state index contributed by atoms with van der Waals surface area (Å²) >= 11 is 12.9. The smallest absolute Gasteiger partial charge is 0.337 e. The molecule has 0 aliphatic heterocycles. The molecular formula is C33H26Cl2N2O10. The molecule has 4 aromatic carbocycles. The number of benzene rings is 4. The lowest BCUT2D eigenvalue weighted by atomic mass is 10.0. The third-order valence-corrected chi connectivity index (χ3v) is 7.43. The van der Waals surface area contributed by atoms with Crippen LogP contribution in [0.25, 0.3) is 0 Å². The molecule has 0 spiro atoms. The minimum atomic E-state index is -1.35. The van der Waals surface area contributed by atoms with Gasteiger partial charge in [0.2, 0.25) is 0 Å². The van der Waals surface area contributed by atoms with Crippen molar-refractivity contribution in [3.63, 3.8) is 0 Å². The predicted octanol–water partition coefficient (Wildman–Crippen LogP) is 6.35. The third-order valence-electron chi connectivity index (χ3n) is 6.81. The van der Waals surface area contributed by atoms with E-state index in [9.17, 15) is 34.2 Å². The fourth-order valence-corrected chi connectivity index (χ4v) is 4.96. The highest BCUT2D eigenvalue weighted by atomic mass is 35.5. The highest BCUT2D eigenvalue weighted by Crippen LogP contribution is 2.28. The van der Waals surface area contributed by atoms with Crippen LogP contribution in [0.3, 0.4) is 0 Å². The lowest BCUT2D eigenvalue weighted by Crippen LogP contribution is -2.18. The second-order valence-electron chi connectivity index (χ2n) is 9.88. The van der Waals surface area contributed by atoms with Crippen LogP contribution < -0.4 is 10.8 Å². The van der Waals surface area contributed by atoms with Crippen molar-refractivity contribution < 1.29 is 48.5 Å². The highest BCUT2D eigenvalue weighted by Gasteiger charge is 2.21. The molecule has 0 radical (unpaired) electrons. The number of hydrogen-bond donors (Lipinski definition) is 4. The number of hydrogen-bond acceptors (Lipinski definition) is 9. The van der Waals surface area contributed by atoms with Gasteiger partial charge in [0, 0.05) is 0 Å². The van der Waals surface area contributed by atoms with E-state index in [0.717, 1.165) is 23.3 Å². The topological polar surface area (TPSA) is 178 Å². The Balaban J connectivity index is 1.42. The molecule has 47 heavy (non-hydrogen) atoms. The Kier molecular flexibility index (Phi) is 11.2. The Labute approximate surface area is 277 Å². The summed E-state index contributed by atoms with van der Waals surface area (Å²) in [6.07, 6.45) is 0.404. The number of carbonyl (C=O) groups is 5. The standard InChI is InChI=1S/C33H26Cl2N2O10/c1-45-32(43)19-5-7-22(30(39)40)21(14-19)16-47-37-28-10-4-18(13-26(28)35)11-17-3-9-27(25(34)12-17)36-29(38)24-15-20(33(44)46-2)6-8-23(24)31(41)42/h3-10,12-15,37H,11,16H2,1-2H3,(H,36,38)(H,39,40)(H,41,42). The number of aromatic carboxylic acids is 2. The summed E-state index contributed by atoms with van der Waals surface area (Å²) in [5.74, 6) is -4.66. The number of carbonyl (C=O) groups excluding carboxylic acids is 3. The van der Waals surface area contributed by atoms with Gasteiger partial charge >= 0.3 is 23.9 Å². The van der Waals surface area contributed by atoms with Crippen molar-refractivity contribution in [3.05, 3.63) is 127 Å². The highest BCUT2D eigenvalue weighted by molar-refractivity contribution is 6.34. The molecule has 0 unspecified atom stereocenters. The first-order chi connectivity index (χ1) is 22.4. The van der Waals surface area contributed by atoms with Gasteiger partial charge in [0.1, 0.15) is 6.61 Å². The van der Waals surface area contributed by atoms with Crippen molar-refractivity contribution in [1.82, 2.24) is 0 Å². The van der Waals surface area contributed by atoms with Crippen LogP contribution in [0, 0.1) is 0 Å². The molecule has 12 nitrogen and oxygen atoms in total. The van der Waals surface area contributed by atoms with Crippen LogP contribution in [0.15, 0.2) is 72.8 Å². The van der Waals surface area contributed by atoms with Gasteiger partial charge in [0.25, 0.3) is 5.91 Å². The van der Waals surface area contributed by atoms with E-state index < -0.39 is 29.8 Å². The van der Waals surface area contributed by atoms with Gasteiger partial charge in [0.05, 0.1) is 63.5 Å². The molecule has 0 fully saturated rings. The number of amides is 1. The quantitative estimate of drug-likeness (QED) is 0.0968. The molecule has 0 atom stereocenters. The van der Waals surface area contributed by atoms with Crippen LogP contribution >= 0.6 is 23.2 Å². The van der Waals surface area contributed by atoms with Crippen molar-refractivity contribution in [2.45, 2.75) is 13.0 Å². The molecule has 4 N–H and O–H groups in total. The first kappa shape index (κ1) is 34.4. The molecule has 0 saturated heterocycles. The summed E-state index contributed by atoms with van der Waals surface area (Å²) in [5, 5.41) is 22.1. The molecule has 0 aliphatic carbocycles. The summed E-state index contributed by atoms with van der Waals surface area (Å²) in [5.41, 5.74) is 4.73. The first-order valence-electron chi connectivity index (χ1n) is 13.6. The van der Waals surface area contributed by atoms with E-state index in [1.54, 1.807) is 36.4 Å². The van der Waals surface area contributed by atoms with Gasteiger partial charge in [-0.05, 0) is 83.8 Å². The van der Waals surface area contributed by atoms with Gasteiger partial charge in [-0.2, -0.15) is 0 Å². The summed E-state index contributed by atoms with van der Waals surface area (Å²) < 4.78 is 9.34. The summed E-state index contributed by atoms with van der Waals surface area (Å²) in [6.45, 7) is -0.194. The fourth-order valence-electron chi connectivity index (χ4n) is 4.47. The Bertz CT molecular complexity index is 1890. The van der Waals surface area contributed by atoms with Crippen molar-refractivity contribution in [2.24, 2.45) is 0 Å². The number of carboxylic acids is 2. The van der Waals surface area contributed by atoms with Crippen LogP contribution in [-0.4, -0.2) is 54.2 Å². The average Bonchev–Trinajstić information content (AvgIpc) is 3.05. The van der Waals surface area contributed by atoms with Crippen LogP contribution in [-0.2, 0) is 27.3 Å². The van der Waals surface area contributed by atoms with Crippen LogP contribution in [0.5, 0.6) is 0 Å². The maximum absolute atomic E-state index is 13.0. The van der Waals surface area contributed by atoms with Gasteiger partial charge in [-0.1, -0.05) is 35.3 Å². The van der Waals surface area contributed by atoms with E-state index in [1.165, 1.54) is 38.5 Å².